The van der Waals surface area contributed by atoms with Crippen LogP contribution in [0.5, 0.6) is 0 Å². The fourth-order valence-electron chi connectivity index (χ4n) is 1.50. The number of hydrogen-bond acceptors (Lipinski definition) is 3. The number of carbonyl (C=O) groups excluding carboxylic acids is 1. The van der Waals surface area contributed by atoms with Gasteiger partial charge in [0.2, 0.25) is 5.91 Å². The Morgan fingerprint density at radius 2 is 2.11 bits per heavy atom. The van der Waals surface area contributed by atoms with Crippen molar-refractivity contribution in [1.29, 1.82) is 0 Å². The third kappa shape index (κ3) is 3.64. The lowest BCUT2D eigenvalue weighted by atomic mass is 9.96. The predicted octanol–water partition coefficient (Wildman–Crippen LogP) is 2.31. The molecule has 0 aliphatic carbocycles. The normalized spacial score (nSPS) is 11.3. The Morgan fingerprint density at radius 3 is 2.74 bits per heavy atom. The van der Waals surface area contributed by atoms with Crippen LogP contribution in [-0.2, 0) is 11.3 Å². The van der Waals surface area contributed by atoms with Gasteiger partial charge in [-0.2, -0.15) is 5.10 Å². The van der Waals surface area contributed by atoms with Crippen molar-refractivity contribution in [1.82, 2.24) is 14.8 Å². The lowest BCUT2D eigenvalue weighted by molar-refractivity contribution is -0.123. The summed E-state index contributed by atoms with van der Waals surface area (Å²) in [5, 5.41) is 6.95. The molecular formula is C14H18N4O. The fourth-order valence-corrected chi connectivity index (χ4v) is 1.50. The summed E-state index contributed by atoms with van der Waals surface area (Å²) in [5.41, 5.74) is 0.426. The molecule has 0 aliphatic heterocycles. The van der Waals surface area contributed by atoms with Gasteiger partial charge in [-0.05, 0) is 18.2 Å². The minimum atomic E-state index is -0.431. The van der Waals surface area contributed by atoms with Crippen LogP contribution in [-0.4, -0.2) is 20.7 Å². The highest BCUT2D eigenvalue weighted by atomic mass is 16.2. The van der Waals surface area contributed by atoms with Gasteiger partial charge in [0.1, 0.15) is 5.82 Å². The fraction of sp³-hybridized carbons (Fsp3) is 0.357. The van der Waals surface area contributed by atoms with Crippen molar-refractivity contribution in [3.8, 4) is 0 Å². The van der Waals surface area contributed by atoms with Crippen molar-refractivity contribution < 1.29 is 4.79 Å². The molecule has 2 rings (SSSR count). The molecule has 5 nitrogen and oxygen atoms in total. The summed E-state index contributed by atoms with van der Waals surface area (Å²) in [6.07, 6.45) is 3.60. The Balaban J connectivity index is 2.09. The lowest BCUT2D eigenvalue weighted by Gasteiger charge is -2.17. The van der Waals surface area contributed by atoms with E-state index in [2.05, 4.69) is 15.4 Å². The Morgan fingerprint density at radius 1 is 1.32 bits per heavy atom. The highest BCUT2D eigenvalue weighted by molar-refractivity contribution is 5.93. The summed E-state index contributed by atoms with van der Waals surface area (Å²) in [5.74, 6) is 0.529. The minimum absolute atomic E-state index is 0.0451. The van der Waals surface area contributed by atoms with Gasteiger partial charge < -0.3 is 5.32 Å². The van der Waals surface area contributed by atoms with Gasteiger partial charge >= 0.3 is 0 Å². The zero-order valence-electron chi connectivity index (χ0n) is 11.4. The summed E-state index contributed by atoms with van der Waals surface area (Å²) in [7, 11) is 0. The van der Waals surface area contributed by atoms with Gasteiger partial charge in [0, 0.05) is 17.8 Å². The van der Waals surface area contributed by atoms with Gasteiger partial charge in [0.05, 0.1) is 12.2 Å². The number of aromatic nitrogens is 3. The van der Waals surface area contributed by atoms with E-state index in [0.29, 0.717) is 12.4 Å². The van der Waals surface area contributed by atoms with Crippen molar-refractivity contribution in [2.45, 2.75) is 27.3 Å². The quantitative estimate of drug-likeness (QED) is 0.919. The molecule has 100 valence electrons. The summed E-state index contributed by atoms with van der Waals surface area (Å²) in [6.45, 7) is 6.20. The number of amides is 1. The molecule has 0 saturated carbocycles. The molecule has 1 amide bonds. The standard InChI is InChI=1S/C14H18N4O/c1-14(2,3)13(19)17-12-7-4-6-11(16-12)10-18-9-5-8-15-18/h4-9H,10H2,1-3H3,(H,16,17,19). The molecule has 19 heavy (non-hydrogen) atoms. The molecule has 2 aromatic rings. The topological polar surface area (TPSA) is 59.8 Å². The maximum absolute atomic E-state index is 11.9. The maximum atomic E-state index is 11.9. The van der Waals surface area contributed by atoms with E-state index in [-0.39, 0.29) is 5.91 Å². The van der Waals surface area contributed by atoms with Crippen LogP contribution < -0.4 is 5.32 Å². The van der Waals surface area contributed by atoms with Crippen molar-refractivity contribution >= 4 is 11.7 Å². The monoisotopic (exact) mass is 258 g/mol. The van der Waals surface area contributed by atoms with Gasteiger partial charge in [-0.15, -0.1) is 0 Å². The van der Waals surface area contributed by atoms with Crippen LogP contribution in [0.2, 0.25) is 0 Å². The molecule has 2 heterocycles. The average Bonchev–Trinajstić information content (AvgIpc) is 2.81. The Labute approximate surface area is 112 Å². The molecule has 0 spiro atoms. The second-order valence-corrected chi connectivity index (χ2v) is 5.42. The minimum Gasteiger partial charge on any atom is -0.310 e. The number of nitrogens with zero attached hydrogens (tertiary/aromatic N) is 3. The summed E-state index contributed by atoms with van der Waals surface area (Å²) < 4.78 is 1.79. The first-order valence-electron chi connectivity index (χ1n) is 6.20. The third-order valence-electron chi connectivity index (χ3n) is 2.61. The summed E-state index contributed by atoms with van der Waals surface area (Å²) in [6, 6.07) is 7.44. The van der Waals surface area contributed by atoms with E-state index in [1.165, 1.54) is 0 Å². The summed E-state index contributed by atoms with van der Waals surface area (Å²) in [4.78, 5) is 16.3. The zero-order valence-corrected chi connectivity index (χ0v) is 11.4. The number of hydrogen-bond donors (Lipinski definition) is 1. The van der Waals surface area contributed by atoms with Crippen molar-refractivity contribution in [3.05, 3.63) is 42.4 Å². The Kier molecular flexibility index (Phi) is 3.64. The van der Waals surface area contributed by atoms with Crippen molar-refractivity contribution in [2.24, 2.45) is 5.41 Å². The highest BCUT2D eigenvalue weighted by Gasteiger charge is 2.21. The second-order valence-electron chi connectivity index (χ2n) is 5.42. The van der Waals surface area contributed by atoms with E-state index in [4.69, 9.17) is 0 Å². The van der Waals surface area contributed by atoms with Crippen LogP contribution in [0.4, 0.5) is 5.82 Å². The molecule has 0 atom stereocenters. The largest absolute Gasteiger partial charge is 0.310 e. The first kappa shape index (κ1) is 13.3. The SMILES string of the molecule is CC(C)(C)C(=O)Nc1cccc(Cn2cccn2)n1. The first-order valence-corrected chi connectivity index (χ1v) is 6.20. The molecule has 5 heteroatoms. The smallest absolute Gasteiger partial charge is 0.230 e. The van der Waals surface area contributed by atoms with Crippen LogP contribution in [0.1, 0.15) is 26.5 Å². The predicted molar refractivity (Wildman–Crippen MR) is 73.7 cm³/mol. The summed E-state index contributed by atoms with van der Waals surface area (Å²) >= 11 is 0. The third-order valence-corrected chi connectivity index (χ3v) is 2.61. The number of rotatable bonds is 3. The van der Waals surface area contributed by atoms with Crippen LogP contribution in [0.15, 0.2) is 36.7 Å². The van der Waals surface area contributed by atoms with E-state index in [1.807, 2.05) is 45.2 Å². The first-order chi connectivity index (χ1) is 8.95. The van der Waals surface area contributed by atoms with Gasteiger partial charge in [0.15, 0.2) is 0 Å². The van der Waals surface area contributed by atoms with Gasteiger partial charge in [-0.3, -0.25) is 9.48 Å². The molecule has 0 bridgehead atoms. The lowest BCUT2D eigenvalue weighted by Crippen LogP contribution is -2.28. The number of anilines is 1. The van der Waals surface area contributed by atoms with E-state index in [0.717, 1.165) is 5.69 Å². The second kappa shape index (κ2) is 5.22. The van der Waals surface area contributed by atoms with Gasteiger partial charge in [-0.25, -0.2) is 4.98 Å². The van der Waals surface area contributed by atoms with E-state index in [1.54, 1.807) is 16.9 Å². The number of pyridine rings is 1. The molecule has 0 saturated heterocycles. The van der Waals surface area contributed by atoms with Crippen LogP contribution in [0.3, 0.4) is 0 Å². The zero-order chi connectivity index (χ0) is 13.9. The Bertz CT molecular complexity index is 555. The van der Waals surface area contributed by atoms with Crippen LogP contribution in [0, 0.1) is 5.41 Å². The molecule has 0 aliphatic rings. The van der Waals surface area contributed by atoms with Crippen LogP contribution in [0.25, 0.3) is 0 Å². The molecule has 2 aromatic heterocycles. The molecular weight excluding hydrogens is 240 g/mol. The van der Waals surface area contributed by atoms with E-state index < -0.39 is 5.41 Å². The molecule has 0 radical (unpaired) electrons. The van der Waals surface area contributed by atoms with Gasteiger partial charge in [-0.1, -0.05) is 26.8 Å². The maximum Gasteiger partial charge on any atom is 0.230 e. The Hall–Kier alpha value is -2.17. The number of carbonyl (C=O) groups is 1. The van der Waals surface area contributed by atoms with Crippen molar-refractivity contribution in [2.75, 3.05) is 5.32 Å². The molecule has 0 aromatic carbocycles. The van der Waals surface area contributed by atoms with Crippen molar-refractivity contribution in [3.63, 3.8) is 0 Å². The van der Waals surface area contributed by atoms with Crippen LogP contribution >= 0.6 is 0 Å². The number of nitrogens with one attached hydrogen (secondary N) is 1. The van der Waals surface area contributed by atoms with Gasteiger partial charge in [0.25, 0.3) is 0 Å². The molecule has 1 N–H and O–H groups in total. The highest BCUT2D eigenvalue weighted by Crippen LogP contribution is 2.16. The van der Waals surface area contributed by atoms with E-state index >= 15 is 0 Å². The average molecular weight is 258 g/mol. The van der Waals surface area contributed by atoms with E-state index in [9.17, 15) is 4.79 Å². The molecule has 0 unspecified atom stereocenters. The molecule has 0 fully saturated rings.